The second-order valence-corrected chi connectivity index (χ2v) is 9.81. The number of nitrogens with two attached hydrogens (primary N) is 1. The number of nitrogens with one attached hydrogen (secondary N) is 1. The minimum Gasteiger partial charge on any atom is -0.397 e. The maximum Gasteiger partial charge on any atom is 0.322 e. The first kappa shape index (κ1) is 22.8. The quantitative estimate of drug-likeness (QED) is 0.403. The molecule has 2 aromatic rings. The number of nitrogen functional groups attached to an aromatic ring is 1. The first-order chi connectivity index (χ1) is 15.3. The first-order valence-corrected chi connectivity index (χ1v) is 12.1. The molecular formula is C23H24Br2N4O3. The van der Waals surface area contributed by atoms with Gasteiger partial charge in [-0.25, -0.2) is 4.79 Å². The lowest BCUT2D eigenvalue weighted by Crippen LogP contribution is -2.51. The van der Waals surface area contributed by atoms with Gasteiger partial charge in [-0.2, -0.15) is 0 Å². The van der Waals surface area contributed by atoms with Gasteiger partial charge in [0.15, 0.2) is 5.78 Å². The summed E-state index contributed by atoms with van der Waals surface area (Å²) in [5, 5.41) is 2.96. The van der Waals surface area contributed by atoms with Crippen LogP contribution in [0.3, 0.4) is 0 Å². The van der Waals surface area contributed by atoms with Crippen molar-refractivity contribution in [3.63, 3.8) is 0 Å². The largest absolute Gasteiger partial charge is 0.397 e. The van der Waals surface area contributed by atoms with Gasteiger partial charge in [0.1, 0.15) is 0 Å². The molecular weight excluding hydrogens is 540 g/mol. The Balaban J connectivity index is 1.28. The summed E-state index contributed by atoms with van der Waals surface area (Å²) in [5.74, 6) is -0.128. The maximum atomic E-state index is 12.7. The van der Waals surface area contributed by atoms with E-state index in [1.54, 1.807) is 17.0 Å². The van der Waals surface area contributed by atoms with E-state index in [0.29, 0.717) is 39.8 Å². The summed E-state index contributed by atoms with van der Waals surface area (Å²) in [4.78, 5) is 41.4. The van der Waals surface area contributed by atoms with Gasteiger partial charge >= 0.3 is 6.03 Å². The standard InChI is InChI=1S/C23H24Br2N4O3/c24-17-11-15(12-18(25)22(17)26)20(30)5-6-21(31)28-9-7-16(8-10-28)29-13-14-3-1-2-4-19(14)27-23(29)32/h1-4,11-12,16H,5-10,13,26H2,(H,27,32). The monoisotopic (exact) mass is 562 g/mol. The Labute approximate surface area is 203 Å². The van der Waals surface area contributed by atoms with E-state index in [9.17, 15) is 14.4 Å². The SMILES string of the molecule is Nc1c(Br)cc(C(=O)CCC(=O)N2CCC(N3Cc4ccccc4NC3=O)CC2)cc1Br. The van der Waals surface area contributed by atoms with Crippen LogP contribution in [0.25, 0.3) is 0 Å². The number of carbonyl (C=O) groups is 3. The smallest absolute Gasteiger partial charge is 0.322 e. The number of urea groups is 1. The summed E-state index contributed by atoms with van der Waals surface area (Å²) in [5.41, 5.74) is 8.89. The Kier molecular flexibility index (Phi) is 6.85. The van der Waals surface area contributed by atoms with Crippen LogP contribution in [-0.2, 0) is 11.3 Å². The van der Waals surface area contributed by atoms with Crippen LogP contribution in [0.5, 0.6) is 0 Å². The van der Waals surface area contributed by atoms with Gasteiger partial charge < -0.3 is 20.9 Å². The summed E-state index contributed by atoms with van der Waals surface area (Å²) in [6.07, 6.45) is 1.77. The number of halogens is 2. The molecule has 168 valence electrons. The maximum absolute atomic E-state index is 12.7. The second kappa shape index (κ2) is 9.62. The fraction of sp³-hybridized carbons (Fsp3) is 0.348. The number of hydrogen-bond acceptors (Lipinski definition) is 4. The molecule has 32 heavy (non-hydrogen) atoms. The number of amides is 3. The zero-order valence-electron chi connectivity index (χ0n) is 17.4. The van der Waals surface area contributed by atoms with Crippen molar-refractivity contribution in [2.75, 3.05) is 24.1 Å². The van der Waals surface area contributed by atoms with Crippen LogP contribution < -0.4 is 11.1 Å². The van der Waals surface area contributed by atoms with Crippen LogP contribution in [-0.4, -0.2) is 46.7 Å². The predicted octanol–water partition coefficient (Wildman–Crippen LogP) is 4.80. The lowest BCUT2D eigenvalue weighted by molar-refractivity contribution is -0.132. The van der Waals surface area contributed by atoms with Crippen LogP contribution in [0, 0.1) is 0 Å². The minimum absolute atomic E-state index is 0.0289. The molecule has 1 fully saturated rings. The molecule has 7 nitrogen and oxygen atoms in total. The van der Waals surface area contributed by atoms with Gasteiger partial charge in [0.25, 0.3) is 0 Å². The molecule has 2 heterocycles. The number of Topliss-reactive ketones (excluding diaryl/α,β-unsaturated/α-hetero) is 1. The molecule has 0 aliphatic carbocycles. The van der Waals surface area contributed by atoms with Crippen LogP contribution >= 0.6 is 31.9 Å². The van der Waals surface area contributed by atoms with Crippen LogP contribution in [0.2, 0.25) is 0 Å². The summed E-state index contributed by atoms with van der Waals surface area (Å²) < 4.78 is 1.29. The summed E-state index contributed by atoms with van der Waals surface area (Å²) >= 11 is 6.69. The minimum atomic E-state index is -0.0988. The number of piperidine rings is 1. The van der Waals surface area contributed by atoms with E-state index in [2.05, 4.69) is 37.2 Å². The van der Waals surface area contributed by atoms with Crippen molar-refractivity contribution in [2.24, 2.45) is 0 Å². The van der Waals surface area contributed by atoms with E-state index < -0.39 is 0 Å². The molecule has 3 N–H and O–H groups in total. The molecule has 3 amide bonds. The van der Waals surface area contributed by atoms with E-state index in [4.69, 9.17) is 5.73 Å². The number of carbonyl (C=O) groups excluding carboxylic acids is 3. The van der Waals surface area contributed by atoms with Crippen LogP contribution in [0.4, 0.5) is 16.2 Å². The Morgan fingerprint density at radius 2 is 1.72 bits per heavy atom. The third-order valence-corrected chi connectivity index (χ3v) is 7.40. The molecule has 2 aliphatic heterocycles. The zero-order valence-corrected chi connectivity index (χ0v) is 20.6. The molecule has 0 spiro atoms. The number of anilines is 2. The van der Waals surface area contributed by atoms with E-state index >= 15 is 0 Å². The summed E-state index contributed by atoms with van der Waals surface area (Å²) in [7, 11) is 0. The molecule has 0 unspecified atom stereocenters. The van der Waals surface area contributed by atoms with Gasteiger partial charge in [-0.15, -0.1) is 0 Å². The number of ketones is 1. The van der Waals surface area contributed by atoms with Crippen molar-refractivity contribution in [3.05, 3.63) is 56.5 Å². The van der Waals surface area contributed by atoms with Crippen molar-refractivity contribution in [2.45, 2.75) is 38.3 Å². The normalized spacial score (nSPS) is 16.5. The molecule has 0 saturated carbocycles. The van der Waals surface area contributed by atoms with Crippen molar-refractivity contribution in [3.8, 4) is 0 Å². The zero-order chi connectivity index (χ0) is 22.8. The van der Waals surface area contributed by atoms with Crippen molar-refractivity contribution < 1.29 is 14.4 Å². The molecule has 0 aromatic heterocycles. The van der Waals surface area contributed by atoms with Gasteiger partial charge in [-0.1, -0.05) is 18.2 Å². The van der Waals surface area contributed by atoms with Crippen LogP contribution in [0.1, 0.15) is 41.6 Å². The van der Waals surface area contributed by atoms with E-state index in [1.165, 1.54) is 0 Å². The average molecular weight is 564 g/mol. The number of likely N-dealkylation sites (tertiary alicyclic amines) is 1. The third-order valence-electron chi connectivity index (χ3n) is 6.09. The van der Waals surface area contributed by atoms with Crippen molar-refractivity contribution in [1.82, 2.24) is 9.80 Å². The highest BCUT2D eigenvalue weighted by molar-refractivity contribution is 9.11. The number of hydrogen-bond donors (Lipinski definition) is 2. The number of nitrogens with zero attached hydrogens (tertiary/aromatic N) is 2. The molecule has 4 rings (SSSR count). The number of rotatable bonds is 5. The van der Waals surface area contributed by atoms with Gasteiger partial charge in [0, 0.05) is 58.7 Å². The fourth-order valence-electron chi connectivity index (χ4n) is 4.21. The first-order valence-electron chi connectivity index (χ1n) is 10.5. The van der Waals surface area contributed by atoms with Gasteiger partial charge in [0.05, 0.1) is 5.69 Å². The lowest BCUT2D eigenvalue weighted by atomic mass is 10.00. The fourth-order valence-corrected chi connectivity index (χ4v) is 5.40. The Morgan fingerprint density at radius 1 is 1.06 bits per heavy atom. The molecule has 2 aliphatic rings. The Hall–Kier alpha value is -2.39. The van der Waals surface area contributed by atoms with E-state index in [-0.39, 0.29) is 36.6 Å². The summed E-state index contributed by atoms with van der Waals surface area (Å²) in [6.45, 7) is 1.76. The van der Waals surface area contributed by atoms with Crippen molar-refractivity contribution >= 4 is 61.0 Å². The average Bonchev–Trinajstić information content (AvgIpc) is 2.80. The predicted molar refractivity (Wildman–Crippen MR) is 130 cm³/mol. The Morgan fingerprint density at radius 3 is 2.41 bits per heavy atom. The molecule has 0 bridgehead atoms. The highest BCUT2D eigenvalue weighted by Gasteiger charge is 2.32. The molecule has 1 saturated heterocycles. The van der Waals surface area contributed by atoms with Gasteiger partial charge in [0.2, 0.25) is 5.91 Å². The topological polar surface area (TPSA) is 95.7 Å². The lowest BCUT2D eigenvalue weighted by Gasteiger charge is -2.40. The van der Waals surface area contributed by atoms with Gasteiger partial charge in [-0.3, -0.25) is 9.59 Å². The Bertz CT molecular complexity index is 1040. The second-order valence-electron chi connectivity index (χ2n) is 8.10. The highest BCUT2D eigenvalue weighted by Crippen LogP contribution is 2.31. The third kappa shape index (κ3) is 4.83. The molecule has 0 atom stereocenters. The number of para-hydroxylation sites is 1. The van der Waals surface area contributed by atoms with E-state index in [0.717, 1.165) is 24.1 Å². The molecule has 9 heteroatoms. The van der Waals surface area contributed by atoms with Crippen LogP contribution in [0.15, 0.2) is 45.3 Å². The molecule has 2 aromatic carbocycles. The van der Waals surface area contributed by atoms with Gasteiger partial charge in [-0.05, 0) is 68.5 Å². The van der Waals surface area contributed by atoms with E-state index in [1.807, 2.05) is 29.2 Å². The molecule has 0 radical (unpaired) electrons. The summed E-state index contributed by atoms with van der Waals surface area (Å²) in [6, 6.07) is 11.2. The number of benzene rings is 2. The number of fused-ring (bicyclic) bond motifs is 1. The highest BCUT2D eigenvalue weighted by atomic mass is 79.9. The van der Waals surface area contributed by atoms with Crippen molar-refractivity contribution in [1.29, 1.82) is 0 Å².